The average molecular weight is 442 g/mol. The largest absolute Gasteiger partial charge is 0.325 e. The van der Waals surface area contributed by atoms with Gasteiger partial charge in [-0.15, -0.1) is 0 Å². The minimum atomic E-state index is -3.57. The number of urea groups is 1. The molecule has 2 aliphatic rings. The molecule has 31 heavy (non-hydrogen) atoms. The van der Waals surface area contributed by atoms with Crippen molar-refractivity contribution in [1.29, 1.82) is 0 Å². The van der Waals surface area contributed by atoms with E-state index in [0.717, 1.165) is 17.7 Å². The molecular weight excluding hydrogens is 418 g/mol. The van der Waals surface area contributed by atoms with Gasteiger partial charge in [-0.2, -0.15) is 4.31 Å². The molecule has 0 unspecified atom stereocenters. The lowest BCUT2D eigenvalue weighted by Crippen LogP contribution is -2.41. The summed E-state index contributed by atoms with van der Waals surface area (Å²) in [5.41, 5.74) is -0.388. The van der Waals surface area contributed by atoms with Crippen LogP contribution in [0.25, 0.3) is 0 Å². The van der Waals surface area contributed by atoms with Crippen LogP contribution in [0, 0.1) is 0 Å². The number of ketones is 1. The maximum Gasteiger partial charge on any atom is 0.325 e. The molecule has 0 radical (unpaired) electrons. The smallest absolute Gasteiger partial charge is 0.319 e. The number of nitrogens with one attached hydrogen (secondary N) is 1. The molecule has 2 aromatic rings. The van der Waals surface area contributed by atoms with Gasteiger partial charge in [0, 0.05) is 18.7 Å². The third-order valence-electron chi connectivity index (χ3n) is 5.81. The Bertz CT molecular complexity index is 1130. The number of hydrogen-bond donors (Lipinski definition) is 1. The van der Waals surface area contributed by atoms with Crippen LogP contribution in [0.5, 0.6) is 0 Å². The number of rotatable bonds is 6. The van der Waals surface area contributed by atoms with Gasteiger partial charge in [0.15, 0.2) is 5.78 Å². The van der Waals surface area contributed by atoms with Crippen LogP contribution in [0.3, 0.4) is 0 Å². The molecule has 2 fully saturated rings. The molecule has 4 rings (SSSR count). The Labute approximate surface area is 180 Å². The van der Waals surface area contributed by atoms with E-state index in [1.54, 1.807) is 31.2 Å². The standard InChI is InChI=1S/C22H23N3O5S/c1-22(17-7-3-2-4-8-17)20(27)25(21(28)23-22)15-19(26)16-9-11-18(12-10-16)31(29,30)24-13-5-6-14-24/h2-4,7-12H,5-6,13-15H2,1H3,(H,23,28)/t22-/m1/s1. The highest BCUT2D eigenvalue weighted by Gasteiger charge is 2.49. The Hall–Kier alpha value is -3.04. The van der Waals surface area contributed by atoms with Gasteiger partial charge in [0.25, 0.3) is 5.91 Å². The number of nitrogens with zero attached hydrogens (tertiary/aromatic N) is 2. The maximum atomic E-state index is 12.9. The molecule has 8 nitrogen and oxygen atoms in total. The van der Waals surface area contributed by atoms with Gasteiger partial charge < -0.3 is 5.32 Å². The second kappa shape index (κ2) is 7.90. The maximum absolute atomic E-state index is 12.9. The van der Waals surface area contributed by atoms with E-state index in [9.17, 15) is 22.8 Å². The second-order valence-corrected chi connectivity index (χ2v) is 9.81. The van der Waals surface area contributed by atoms with Crippen molar-refractivity contribution >= 4 is 27.7 Å². The van der Waals surface area contributed by atoms with Crippen molar-refractivity contribution in [3.63, 3.8) is 0 Å². The number of imide groups is 1. The highest BCUT2D eigenvalue weighted by Crippen LogP contribution is 2.29. The first-order valence-corrected chi connectivity index (χ1v) is 11.5. The highest BCUT2D eigenvalue weighted by molar-refractivity contribution is 7.89. The second-order valence-electron chi connectivity index (χ2n) is 7.87. The molecule has 0 saturated carbocycles. The van der Waals surface area contributed by atoms with E-state index >= 15 is 0 Å². The quantitative estimate of drug-likeness (QED) is 0.546. The van der Waals surface area contributed by atoms with Crippen molar-refractivity contribution in [1.82, 2.24) is 14.5 Å². The van der Waals surface area contributed by atoms with E-state index in [4.69, 9.17) is 0 Å². The van der Waals surface area contributed by atoms with Gasteiger partial charge in [-0.05, 0) is 49.6 Å². The number of sulfonamides is 1. The number of carbonyl (C=O) groups is 3. The molecule has 2 heterocycles. The topological polar surface area (TPSA) is 104 Å². The Morgan fingerprint density at radius 2 is 1.61 bits per heavy atom. The van der Waals surface area contributed by atoms with Crippen molar-refractivity contribution < 1.29 is 22.8 Å². The zero-order chi connectivity index (χ0) is 22.2. The summed E-state index contributed by atoms with van der Waals surface area (Å²) in [6, 6.07) is 13.8. The van der Waals surface area contributed by atoms with Gasteiger partial charge in [0.1, 0.15) is 5.54 Å². The first kappa shape index (κ1) is 21.2. The highest BCUT2D eigenvalue weighted by atomic mass is 32.2. The third-order valence-corrected chi connectivity index (χ3v) is 7.72. The van der Waals surface area contributed by atoms with E-state index < -0.39 is 39.8 Å². The van der Waals surface area contributed by atoms with Crippen molar-refractivity contribution in [2.24, 2.45) is 0 Å². The summed E-state index contributed by atoms with van der Waals surface area (Å²) in [4.78, 5) is 39.1. The first-order valence-electron chi connectivity index (χ1n) is 10.1. The van der Waals surface area contributed by atoms with Gasteiger partial charge in [-0.3, -0.25) is 14.5 Å². The Morgan fingerprint density at radius 3 is 2.23 bits per heavy atom. The zero-order valence-electron chi connectivity index (χ0n) is 17.1. The summed E-state index contributed by atoms with van der Waals surface area (Å²) in [5, 5.41) is 2.66. The van der Waals surface area contributed by atoms with Crippen LogP contribution in [0.15, 0.2) is 59.5 Å². The summed E-state index contributed by atoms with van der Waals surface area (Å²) in [7, 11) is -3.57. The van der Waals surface area contributed by atoms with Crippen molar-refractivity contribution in [3.05, 3.63) is 65.7 Å². The predicted octanol–water partition coefficient (Wildman–Crippen LogP) is 2.12. The van der Waals surface area contributed by atoms with E-state index in [1.807, 2.05) is 6.07 Å². The van der Waals surface area contributed by atoms with Gasteiger partial charge in [0.05, 0.1) is 11.4 Å². The molecule has 3 amide bonds. The first-order chi connectivity index (χ1) is 14.7. The van der Waals surface area contributed by atoms with Gasteiger partial charge in [0.2, 0.25) is 10.0 Å². The lowest BCUT2D eigenvalue weighted by molar-refractivity contribution is -0.130. The third kappa shape index (κ3) is 3.75. The van der Waals surface area contributed by atoms with Gasteiger partial charge >= 0.3 is 6.03 Å². The predicted molar refractivity (Wildman–Crippen MR) is 113 cm³/mol. The molecule has 2 aromatic carbocycles. The molecule has 1 atom stereocenters. The van der Waals surface area contributed by atoms with E-state index in [0.29, 0.717) is 18.7 Å². The Balaban J connectivity index is 1.49. The summed E-state index contributed by atoms with van der Waals surface area (Å²) in [6.45, 7) is 2.17. The summed E-state index contributed by atoms with van der Waals surface area (Å²) in [6.07, 6.45) is 1.67. The Morgan fingerprint density at radius 1 is 1.00 bits per heavy atom. The summed E-state index contributed by atoms with van der Waals surface area (Å²) < 4.78 is 26.7. The number of Topliss-reactive ketones (excluding diaryl/α,β-unsaturated/α-hetero) is 1. The average Bonchev–Trinajstić information content (AvgIpc) is 3.39. The van der Waals surface area contributed by atoms with Gasteiger partial charge in [-0.25, -0.2) is 13.2 Å². The lowest BCUT2D eigenvalue weighted by atomic mass is 9.92. The SMILES string of the molecule is C[C@]1(c2ccccc2)NC(=O)N(CC(=O)c2ccc(S(=O)(=O)N3CCCC3)cc2)C1=O. The monoisotopic (exact) mass is 441 g/mol. The van der Waals surface area contributed by atoms with Crippen LogP contribution < -0.4 is 5.32 Å². The van der Waals surface area contributed by atoms with Crippen molar-refractivity contribution in [3.8, 4) is 0 Å². The van der Waals surface area contributed by atoms with Crippen LogP contribution in [0.2, 0.25) is 0 Å². The molecule has 1 N–H and O–H groups in total. The molecule has 2 aliphatic heterocycles. The number of amides is 3. The fourth-order valence-corrected chi connectivity index (χ4v) is 5.45. The number of hydrogen-bond acceptors (Lipinski definition) is 5. The number of carbonyl (C=O) groups excluding carboxylic acids is 3. The molecule has 9 heteroatoms. The molecule has 2 saturated heterocycles. The van der Waals surface area contributed by atoms with Crippen molar-refractivity contribution in [2.45, 2.75) is 30.2 Å². The van der Waals surface area contributed by atoms with E-state index in [2.05, 4.69) is 5.32 Å². The van der Waals surface area contributed by atoms with Gasteiger partial charge in [-0.1, -0.05) is 30.3 Å². The molecule has 162 valence electrons. The molecule has 0 bridgehead atoms. The molecule has 0 aromatic heterocycles. The molecule has 0 spiro atoms. The fraction of sp³-hybridized carbons (Fsp3) is 0.318. The van der Waals surface area contributed by atoms with E-state index in [-0.39, 0.29) is 10.5 Å². The van der Waals surface area contributed by atoms with Crippen LogP contribution >= 0.6 is 0 Å². The molecular formula is C22H23N3O5S. The normalized spacial score (nSPS) is 22.0. The van der Waals surface area contributed by atoms with Crippen LogP contribution in [-0.2, 0) is 20.4 Å². The number of benzene rings is 2. The fourth-order valence-electron chi connectivity index (χ4n) is 3.93. The lowest BCUT2D eigenvalue weighted by Gasteiger charge is -2.22. The van der Waals surface area contributed by atoms with Crippen LogP contribution in [-0.4, -0.2) is 55.0 Å². The summed E-state index contributed by atoms with van der Waals surface area (Å²) in [5.74, 6) is -0.962. The minimum Gasteiger partial charge on any atom is -0.319 e. The minimum absolute atomic E-state index is 0.123. The Kier molecular flexibility index (Phi) is 5.40. The van der Waals surface area contributed by atoms with Crippen LogP contribution in [0.4, 0.5) is 4.79 Å². The molecule has 0 aliphatic carbocycles. The van der Waals surface area contributed by atoms with Crippen molar-refractivity contribution in [2.75, 3.05) is 19.6 Å². The van der Waals surface area contributed by atoms with Crippen LogP contribution in [0.1, 0.15) is 35.7 Å². The zero-order valence-corrected chi connectivity index (χ0v) is 17.9. The van der Waals surface area contributed by atoms with E-state index in [1.165, 1.54) is 28.6 Å². The summed E-state index contributed by atoms with van der Waals surface area (Å²) >= 11 is 0.